The molecule has 0 heterocycles. The van der Waals surface area contributed by atoms with Crippen LogP contribution in [0.3, 0.4) is 0 Å². The van der Waals surface area contributed by atoms with Crippen LogP contribution in [0.25, 0.3) is 0 Å². The van der Waals surface area contributed by atoms with Gasteiger partial charge in [0.15, 0.2) is 0 Å². The van der Waals surface area contributed by atoms with E-state index in [0.29, 0.717) is 12.6 Å². The lowest BCUT2D eigenvalue weighted by Crippen LogP contribution is -2.47. The minimum atomic E-state index is 0.126. The molecule has 0 bridgehead atoms. The quantitative estimate of drug-likeness (QED) is 0.658. The van der Waals surface area contributed by atoms with E-state index < -0.39 is 0 Å². The van der Waals surface area contributed by atoms with Gasteiger partial charge in [-0.25, -0.2) is 0 Å². The van der Waals surface area contributed by atoms with Crippen LogP contribution in [0.2, 0.25) is 0 Å². The monoisotopic (exact) mass is 256 g/mol. The van der Waals surface area contributed by atoms with Crippen LogP contribution in [-0.4, -0.2) is 47.7 Å². The molecule has 0 spiro atoms. The van der Waals surface area contributed by atoms with Gasteiger partial charge in [0.25, 0.3) is 0 Å². The fourth-order valence-electron chi connectivity index (χ4n) is 2.43. The summed E-state index contributed by atoms with van der Waals surface area (Å²) in [6.45, 7) is 5.71. The van der Waals surface area contributed by atoms with Crippen molar-refractivity contribution < 1.29 is 9.90 Å². The van der Waals surface area contributed by atoms with Crippen molar-refractivity contribution in [2.45, 2.75) is 64.5 Å². The molecular formula is C14H28N2O2. The van der Waals surface area contributed by atoms with E-state index in [-0.39, 0.29) is 18.6 Å². The van der Waals surface area contributed by atoms with E-state index >= 15 is 0 Å². The van der Waals surface area contributed by atoms with E-state index in [1.807, 2.05) is 0 Å². The molecule has 0 radical (unpaired) electrons. The zero-order chi connectivity index (χ0) is 13.4. The van der Waals surface area contributed by atoms with Gasteiger partial charge in [-0.1, -0.05) is 19.8 Å². The molecule has 0 aliphatic heterocycles. The predicted octanol–water partition coefficient (Wildman–Crippen LogP) is 1.53. The van der Waals surface area contributed by atoms with Crippen LogP contribution in [0, 0.1) is 0 Å². The van der Waals surface area contributed by atoms with Crippen molar-refractivity contribution in [2.24, 2.45) is 0 Å². The molecule has 0 aromatic rings. The second-order valence-corrected chi connectivity index (χ2v) is 5.39. The summed E-state index contributed by atoms with van der Waals surface area (Å²) in [6.07, 6.45) is 6.55. The Bertz CT molecular complexity index is 242. The number of rotatable bonds is 9. The van der Waals surface area contributed by atoms with Gasteiger partial charge in [0.1, 0.15) is 0 Å². The van der Waals surface area contributed by atoms with Crippen molar-refractivity contribution >= 4 is 5.91 Å². The van der Waals surface area contributed by atoms with Gasteiger partial charge in [-0.2, -0.15) is 0 Å². The Balaban J connectivity index is 2.31. The molecule has 1 amide bonds. The summed E-state index contributed by atoms with van der Waals surface area (Å²) in [5.74, 6) is 0.126. The van der Waals surface area contributed by atoms with Crippen LogP contribution in [-0.2, 0) is 4.79 Å². The largest absolute Gasteiger partial charge is 0.396 e. The molecule has 1 rings (SSSR count). The fourth-order valence-corrected chi connectivity index (χ4v) is 2.43. The Morgan fingerprint density at radius 1 is 1.50 bits per heavy atom. The van der Waals surface area contributed by atoms with E-state index in [1.54, 1.807) is 0 Å². The molecule has 1 aliphatic rings. The third kappa shape index (κ3) is 5.36. The van der Waals surface area contributed by atoms with Crippen LogP contribution in [0.1, 0.15) is 52.4 Å². The summed E-state index contributed by atoms with van der Waals surface area (Å²) >= 11 is 0. The maximum absolute atomic E-state index is 11.9. The molecule has 2 N–H and O–H groups in total. The van der Waals surface area contributed by atoms with Crippen molar-refractivity contribution in [3.05, 3.63) is 0 Å². The van der Waals surface area contributed by atoms with E-state index in [0.717, 1.165) is 25.8 Å². The van der Waals surface area contributed by atoms with Gasteiger partial charge in [-0.15, -0.1) is 0 Å². The summed E-state index contributed by atoms with van der Waals surface area (Å²) in [4.78, 5) is 14.2. The standard InChI is InChI=1S/C14H28N2O2/c1-3-6-12(2)15-14(18)11-16(9-5-10-17)13-7-4-8-13/h12-13,17H,3-11H2,1-2H3,(H,15,18). The Kier molecular flexibility index (Phi) is 7.28. The van der Waals surface area contributed by atoms with Crippen LogP contribution in [0.5, 0.6) is 0 Å². The normalized spacial score (nSPS) is 17.6. The Hall–Kier alpha value is -0.610. The van der Waals surface area contributed by atoms with Crippen molar-refractivity contribution in [2.75, 3.05) is 19.7 Å². The van der Waals surface area contributed by atoms with E-state index in [1.165, 1.54) is 19.3 Å². The number of carbonyl (C=O) groups excluding carboxylic acids is 1. The molecule has 106 valence electrons. The lowest BCUT2D eigenvalue weighted by molar-refractivity contribution is -0.124. The maximum Gasteiger partial charge on any atom is 0.234 e. The summed E-state index contributed by atoms with van der Waals surface area (Å²) in [5.41, 5.74) is 0. The fraction of sp³-hybridized carbons (Fsp3) is 0.929. The van der Waals surface area contributed by atoms with Crippen LogP contribution in [0.15, 0.2) is 0 Å². The molecular weight excluding hydrogens is 228 g/mol. The maximum atomic E-state index is 11.9. The van der Waals surface area contributed by atoms with E-state index in [9.17, 15) is 4.79 Å². The first-order chi connectivity index (χ1) is 8.67. The number of amides is 1. The third-order valence-corrected chi connectivity index (χ3v) is 3.67. The lowest BCUT2D eigenvalue weighted by atomic mass is 9.91. The highest BCUT2D eigenvalue weighted by atomic mass is 16.3. The van der Waals surface area contributed by atoms with Crippen LogP contribution in [0.4, 0.5) is 0 Å². The first-order valence-corrected chi connectivity index (χ1v) is 7.31. The highest BCUT2D eigenvalue weighted by molar-refractivity contribution is 5.78. The van der Waals surface area contributed by atoms with Crippen molar-refractivity contribution in [3.63, 3.8) is 0 Å². The molecule has 1 saturated carbocycles. The average molecular weight is 256 g/mol. The summed E-state index contributed by atoms with van der Waals surface area (Å²) in [5, 5.41) is 12.0. The topological polar surface area (TPSA) is 52.6 Å². The van der Waals surface area contributed by atoms with Crippen LogP contribution < -0.4 is 5.32 Å². The van der Waals surface area contributed by atoms with Gasteiger partial charge in [0, 0.05) is 25.2 Å². The zero-order valence-corrected chi connectivity index (χ0v) is 11.8. The number of hydrogen-bond donors (Lipinski definition) is 2. The number of carbonyl (C=O) groups is 1. The average Bonchev–Trinajstić information content (AvgIpc) is 2.23. The summed E-state index contributed by atoms with van der Waals surface area (Å²) < 4.78 is 0. The van der Waals surface area contributed by atoms with Gasteiger partial charge in [0.05, 0.1) is 6.54 Å². The molecule has 1 fully saturated rings. The molecule has 4 nitrogen and oxygen atoms in total. The molecule has 0 saturated heterocycles. The van der Waals surface area contributed by atoms with Gasteiger partial charge >= 0.3 is 0 Å². The first-order valence-electron chi connectivity index (χ1n) is 7.31. The highest BCUT2D eigenvalue weighted by Gasteiger charge is 2.26. The molecule has 1 unspecified atom stereocenters. The number of aliphatic hydroxyl groups excluding tert-OH is 1. The smallest absolute Gasteiger partial charge is 0.234 e. The molecule has 1 aliphatic carbocycles. The minimum Gasteiger partial charge on any atom is -0.396 e. The van der Waals surface area contributed by atoms with Gasteiger partial charge in [-0.05, 0) is 32.6 Å². The molecule has 4 heteroatoms. The molecule has 0 aromatic carbocycles. The Morgan fingerprint density at radius 3 is 2.72 bits per heavy atom. The number of nitrogens with one attached hydrogen (secondary N) is 1. The molecule has 1 atom stereocenters. The van der Waals surface area contributed by atoms with Gasteiger partial charge < -0.3 is 10.4 Å². The number of nitrogens with zero attached hydrogens (tertiary/aromatic N) is 1. The Labute approximate surface area is 111 Å². The number of aliphatic hydroxyl groups is 1. The van der Waals surface area contributed by atoms with Crippen molar-refractivity contribution in [3.8, 4) is 0 Å². The first kappa shape index (κ1) is 15.4. The van der Waals surface area contributed by atoms with Crippen molar-refractivity contribution in [1.29, 1.82) is 0 Å². The van der Waals surface area contributed by atoms with Crippen molar-refractivity contribution in [1.82, 2.24) is 10.2 Å². The molecule has 0 aromatic heterocycles. The Morgan fingerprint density at radius 2 is 2.22 bits per heavy atom. The van der Waals surface area contributed by atoms with E-state index in [4.69, 9.17) is 5.11 Å². The zero-order valence-electron chi connectivity index (χ0n) is 11.8. The number of hydrogen-bond acceptors (Lipinski definition) is 3. The SMILES string of the molecule is CCCC(C)NC(=O)CN(CCCO)C1CCC1. The van der Waals surface area contributed by atoms with Gasteiger partial charge in [0.2, 0.25) is 5.91 Å². The second-order valence-electron chi connectivity index (χ2n) is 5.39. The summed E-state index contributed by atoms with van der Waals surface area (Å²) in [6, 6.07) is 0.826. The molecule has 18 heavy (non-hydrogen) atoms. The summed E-state index contributed by atoms with van der Waals surface area (Å²) in [7, 11) is 0. The third-order valence-electron chi connectivity index (χ3n) is 3.67. The second kappa shape index (κ2) is 8.48. The van der Waals surface area contributed by atoms with Gasteiger partial charge in [-0.3, -0.25) is 9.69 Å². The van der Waals surface area contributed by atoms with E-state index in [2.05, 4.69) is 24.1 Å². The predicted molar refractivity (Wildman–Crippen MR) is 73.4 cm³/mol. The highest BCUT2D eigenvalue weighted by Crippen LogP contribution is 2.24. The minimum absolute atomic E-state index is 0.126. The van der Waals surface area contributed by atoms with Crippen LogP contribution >= 0.6 is 0 Å². The lowest BCUT2D eigenvalue weighted by Gasteiger charge is -2.37.